The SMILES string of the molecule is Cn1c(=NC(=O)c2cc3c(s2)CCCC3)sc2ccccc21. The first-order valence-corrected chi connectivity index (χ1v) is 9.11. The predicted octanol–water partition coefficient (Wildman–Crippen LogP) is 3.92. The Bertz CT molecular complexity index is 906. The van der Waals surface area contributed by atoms with E-state index in [1.165, 1.54) is 23.3 Å². The van der Waals surface area contributed by atoms with Crippen molar-refractivity contribution in [1.82, 2.24) is 4.57 Å². The second kappa shape index (κ2) is 5.48. The number of amides is 1. The smallest absolute Gasteiger partial charge is 0.289 e. The molecule has 1 aliphatic carbocycles. The minimum atomic E-state index is -0.110. The standard InChI is InChI=1S/C17H16N2OS2/c1-19-12-7-3-5-9-14(12)22-17(19)18-16(20)15-10-11-6-2-4-8-13(11)21-15/h3,5,7,9-10H,2,4,6,8H2,1H3. The lowest BCUT2D eigenvalue weighted by atomic mass is 9.99. The van der Waals surface area contributed by atoms with Gasteiger partial charge in [-0.2, -0.15) is 4.99 Å². The molecule has 0 saturated heterocycles. The fraction of sp³-hybridized carbons (Fsp3) is 0.294. The van der Waals surface area contributed by atoms with Crippen LogP contribution in [0.5, 0.6) is 0 Å². The van der Waals surface area contributed by atoms with Crippen LogP contribution in [0.15, 0.2) is 35.3 Å². The van der Waals surface area contributed by atoms with E-state index >= 15 is 0 Å². The van der Waals surface area contributed by atoms with Crippen molar-refractivity contribution in [3.63, 3.8) is 0 Å². The molecular weight excluding hydrogens is 312 g/mol. The molecule has 3 nitrogen and oxygen atoms in total. The van der Waals surface area contributed by atoms with Gasteiger partial charge in [0.15, 0.2) is 4.80 Å². The first-order chi connectivity index (χ1) is 10.7. The lowest BCUT2D eigenvalue weighted by molar-refractivity contribution is 0.100. The van der Waals surface area contributed by atoms with Crippen molar-refractivity contribution in [2.24, 2.45) is 12.0 Å². The van der Waals surface area contributed by atoms with Crippen LogP contribution in [0.25, 0.3) is 10.2 Å². The Kier molecular flexibility index (Phi) is 3.47. The molecule has 2 heterocycles. The summed E-state index contributed by atoms with van der Waals surface area (Å²) >= 11 is 3.19. The highest BCUT2D eigenvalue weighted by Crippen LogP contribution is 2.30. The summed E-state index contributed by atoms with van der Waals surface area (Å²) in [5.74, 6) is -0.110. The van der Waals surface area contributed by atoms with Gasteiger partial charge in [0.25, 0.3) is 5.91 Å². The number of thiophene rings is 1. The fourth-order valence-corrected chi connectivity index (χ4v) is 5.08. The molecule has 0 radical (unpaired) electrons. The monoisotopic (exact) mass is 328 g/mol. The van der Waals surface area contributed by atoms with Crippen molar-refractivity contribution in [2.45, 2.75) is 25.7 Å². The normalized spacial score (nSPS) is 15.2. The summed E-state index contributed by atoms with van der Waals surface area (Å²) in [6.45, 7) is 0. The summed E-state index contributed by atoms with van der Waals surface area (Å²) < 4.78 is 3.15. The number of carbonyl (C=O) groups is 1. The van der Waals surface area contributed by atoms with Gasteiger partial charge in [0.2, 0.25) is 0 Å². The third kappa shape index (κ3) is 2.34. The summed E-state index contributed by atoms with van der Waals surface area (Å²) in [4.78, 5) is 19.8. The van der Waals surface area contributed by atoms with E-state index in [-0.39, 0.29) is 5.91 Å². The largest absolute Gasteiger partial charge is 0.319 e. The highest BCUT2D eigenvalue weighted by Gasteiger charge is 2.17. The maximum absolute atomic E-state index is 12.5. The summed E-state index contributed by atoms with van der Waals surface area (Å²) in [5.41, 5.74) is 2.47. The Morgan fingerprint density at radius 1 is 1.18 bits per heavy atom. The topological polar surface area (TPSA) is 34.4 Å². The van der Waals surface area contributed by atoms with Crippen LogP contribution in [0.1, 0.15) is 33.0 Å². The number of hydrogen-bond acceptors (Lipinski definition) is 3. The molecule has 1 amide bonds. The molecule has 22 heavy (non-hydrogen) atoms. The Morgan fingerprint density at radius 2 is 2.00 bits per heavy atom. The maximum atomic E-state index is 12.5. The molecule has 0 atom stereocenters. The number of carbonyl (C=O) groups excluding carboxylic acids is 1. The van der Waals surface area contributed by atoms with Crippen LogP contribution >= 0.6 is 22.7 Å². The molecule has 5 heteroatoms. The molecule has 0 fully saturated rings. The number of rotatable bonds is 1. The zero-order valence-corrected chi connectivity index (χ0v) is 14.0. The van der Waals surface area contributed by atoms with Crippen LogP contribution in [-0.2, 0) is 19.9 Å². The van der Waals surface area contributed by atoms with Crippen molar-refractivity contribution in [1.29, 1.82) is 0 Å². The van der Waals surface area contributed by atoms with Crippen LogP contribution in [0.4, 0.5) is 0 Å². The highest BCUT2D eigenvalue weighted by molar-refractivity contribution is 7.16. The molecule has 0 unspecified atom stereocenters. The number of aromatic nitrogens is 1. The van der Waals surface area contributed by atoms with E-state index in [9.17, 15) is 4.79 Å². The number of aryl methyl sites for hydroxylation is 3. The van der Waals surface area contributed by atoms with E-state index in [2.05, 4.69) is 23.2 Å². The quantitative estimate of drug-likeness (QED) is 0.666. The molecule has 3 aromatic rings. The molecule has 0 aliphatic heterocycles. The summed E-state index contributed by atoms with van der Waals surface area (Å²) in [6.07, 6.45) is 4.70. The summed E-state index contributed by atoms with van der Waals surface area (Å²) in [5, 5.41) is 0. The van der Waals surface area contributed by atoms with Gasteiger partial charge < -0.3 is 4.57 Å². The van der Waals surface area contributed by atoms with Crippen molar-refractivity contribution in [3.05, 3.63) is 50.5 Å². The average molecular weight is 328 g/mol. The van der Waals surface area contributed by atoms with Gasteiger partial charge in [-0.25, -0.2) is 0 Å². The van der Waals surface area contributed by atoms with Crippen LogP contribution < -0.4 is 4.80 Å². The second-order valence-corrected chi connectivity index (χ2v) is 7.74. The molecule has 0 N–H and O–H groups in total. The molecule has 0 spiro atoms. The number of hydrogen-bond donors (Lipinski definition) is 0. The van der Waals surface area contributed by atoms with Crippen molar-refractivity contribution in [2.75, 3.05) is 0 Å². The van der Waals surface area contributed by atoms with Crippen LogP contribution in [0.3, 0.4) is 0 Å². The van der Waals surface area contributed by atoms with Gasteiger partial charge in [0.05, 0.1) is 15.1 Å². The number of thiazole rings is 1. The van der Waals surface area contributed by atoms with Crippen LogP contribution in [-0.4, -0.2) is 10.5 Å². The van der Waals surface area contributed by atoms with E-state index in [0.717, 1.165) is 32.7 Å². The van der Waals surface area contributed by atoms with Gasteiger partial charge in [-0.15, -0.1) is 11.3 Å². The van der Waals surface area contributed by atoms with Gasteiger partial charge in [0, 0.05) is 11.9 Å². The van der Waals surface area contributed by atoms with E-state index < -0.39 is 0 Å². The van der Waals surface area contributed by atoms with Crippen molar-refractivity contribution < 1.29 is 4.79 Å². The zero-order chi connectivity index (χ0) is 15.1. The first kappa shape index (κ1) is 13.9. The van der Waals surface area contributed by atoms with Gasteiger partial charge in [0.1, 0.15) is 0 Å². The predicted molar refractivity (Wildman–Crippen MR) is 91.7 cm³/mol. The first-order valence-electron chi connectivity index (χ1n) is 7.47. The van der Waals surface area contributed by atoms with E-state index in [1.807, 2.05) is 23.7 Å². The van der Waals surface area contributed by atoms with E-state index in [4.69, 9.17) is 0 Å². The highest BCUT2D eigenvalue weighted by atomic mass is 32.1. The van der Waals surface area contributed by atoms with E-state index in [0.29, 0.717) is 0 Å². The van der Waals surface area contributed by atoms with Crippen molar-refractivity contribution >= 4 is 38.8 Å². The number of benzene rings is 1. The van der Waals surface area contributed by atoms with Crippen LogP contribution in [0, 0.1) is 0 Å². The Hall–Kier alpha value is -1.72. The molecule has 4 rings (SSSR count). The molecule has 0 saturated carbocycles. The van der Waals surface area contributed by atoms with Crippen LogP contribution in [0.2, 0.25) is 0 Å². The molecular formula is C17H16N2OS2. The Labute approximate surface area is 136 Å². The van der Waals surface area contributed by atoms with Gasteiger partial charge in [-0.05, 0) is 49.4 Å². The Morgan fingerprint density at radius 3 is 2.82 bits per heavy atom. The minimum Gasteiger partial charge on any atom is -0.319 e. The summed E-state index contributed by atoms with van der Waals surface area (Å²) in [6, 6.07) is 10.2. The lowest BCUT2D eigenvalue weighted by Gasteiger charge is -2.08. The van der Waals surface area contributed by atoms with Gasteiger partial charge in [-0.3, -0.25) is 4.79 Å². The van der Waals surface area contributed by atoms with Gasteiger partial charge >= 0.3 is 0 Å². The maximum Gasteiger partial charge on any atom is 0.289 e. The number of nitrogens with zero attached hydrogens (tertiary/aromatic N) is 2. The molecule has 1 aromatic carbocycles. The molecule has 0 bridgehead atoms. The minimum absolute atomic E-state index is 0.110. The average Bonchev–Trinajstić information content (AvgIpc) is 3.10. The number of fused-ring (bicyclic) bond motifs is 2. The molecule has 1 aliphatic rings. The fourth-order valence-electron chi connectivity index (χ4n) is 2.93. The lowest BCUT2D eigenvalue weighted by Crippen LogP contribution is -2.12. The zero-order valence-electron chi connectivity index (χ0n) is 12.3. The number of para-hydroxylation sites is 1. The van der Waals surface area contributed by atoms with E-state index in [1.54, 1.807) is 22.7 Å². The summed E-state index contributed by atoms with van der Waals surface area (Å²) in [7, 11) is 1.96. The van der Waals surface area contributed by atoms with Crippen molar-refractivity contribution in [3.8, 4) is 0 Å². The van der Waals surface area contributed by atoms with Gasteiger partial charge in [-0.1, -0.05) is 23.5 Å². The third-order valence-electron chi connectivity index (χ3n) is 4.12. The Balaban J connectivity index is 1.76. The second-order valence-electron chi connectivity index (χ2n) is 5.59. The molecule has 2 aromatic heterocycles. The third-order valence-corrected chi connectivity index (χ3v) is 6.46. The molecule has 112 valence electrons.